The van der Waals surface area contributed by atoms with Gasteiger partial charge in [-0.1, -0.05) is 30.3 Å². The van der Waals surface area contributed by atoms with E-state index in [2.05, 4.69) is 5.32 Å². The van der Waals surface area contributed by atoms with Gasteiger partial charge in [0.25, 0.3) is 0 Å². The van der Waals surface area contributed by atoms with Crippen molar-refractivity contribution in [1.29, 1.82) is 0 Å². The van der Waals surface area contributed by atoms with Crippen LogP contribution in [0.3, 0.4) is 0 Å². The molecule has 1 N–H and O–H groups in total. The molecular formula is C20H23NO4. The molecule has 0 saturated carbocycles. The van der Waals surface area contributed by atoms with Gasteiger partial charge in [0.05, 0.1) is 5.69 Å². The van der Waals surface area contributed by atoms with Crippen LogP contribution < -0.4 is 10.1 Å². The lowest BCUT2D eigenvalue weighted by Crippen LogP contribution is -2.27. The summed E-state index contributed by atoms with van der Waals surface area (Å²) in [6.07, 6.45) is 0.291. The normalized spacial score (nSPS) is 10.9. The Balaban J connectivity index is 2.11. The van der Waals surface area contributed by atoms with E-state index in [9.17, 15) is 9.59 Å². The zero-order valence-electron chi connectivity index (χ0n) is 15.0. The second kappa shape index (κ2) is 7.83. The molecule has 2 aromatic rings. The summed E-state index contributed by atoms with van der Waals surface area (Å²) in [6, 6.07) is 12.7. The molecule has 0 unspecified atom stereocenters. The van der Waals surface area contributed by atoms with Gasteiger partial charge < -0.3 is 9.47 Å². The van der Waals surface area contributed by atoms with Crippen LogP contribution in [-0.2, 0) is 11.3 Å². The first-order valence-corrected chi connectivity index (χ1v) is 8.05. The number of benzene rings is 2. The summed E-state index contributed by atoms with van der Waals surface area (Å²) in [5.74, 6) is 0.636. The van der Waals surface area contributed by atoms with E-state index in [1.807, 2.05) is 52.0 Å². The predicted octanol–water partition coefficient (Wildman–Crippen LogP) is 4.73. The van der Waals surface area contributed by atoms with Crippen molar-refractivity contribution in [2.45, 2.75) is 39.9 Å². The van der Waals surface area contributed by atoms with Crippen LogP contribution in [0, 0.1) is 6.92 Å². The summed E-state index contributed by atoms with van der Waals surface area (Å²) in [6.45, 7) is 7.53. The van der Waals surface area contributed by atoms with Gasteiger partial charge in [-0.25, -0.2) is 4.79 Å². The fourth-order valence-electron chi connectivity index (χ4n) is 2.25. The van der Waals surface area contributed by atoms with E-state index in [4.69, 9.17) is 9.47 Å². The van der Waals surface area contributed by atoms with Crippen LogP contribution in [0.1, 0.15) is 42.3 Å². The minimum Gasteiger partial charge on any atom is -0.489 e. The highest BCUT2D eigenvalue weighted by Crippen LogP contribution is 2.23. The van der Waals surface area contributed by atoms with E-state index in [0.717, 1.165) is 17.4 Å². The highest BCUT2D eigenvalue weighted by atomic mass is 16.6. The number of nitrogens with one attached hydrogen (secondary N) is 1. The first-order chi connectivity index (χ1) is 11.8. The van der Waals surface area contributed by atoms with E-state index in [0.29, 0.717) is 17.0 Å². The molecule has 0 fully saturated rings. The summed E-state index contributed by atoms with van der Waals surface area (Å²) in [4.78, 5) is 23.0. The first kappa shape index (κ1) is 18.5. The molecule has 0 aromatic heterocycles. The van der Waals surface area contributed by atoms with E-state index < -0.39 is 11.7 Å². The molecule has 5 nitrogen and oxygen atoms in total. The molecule has 0 bridgehead atoms. The number of hydrogen-bond donors (Lipinski definition) is 1. The van der Waals surface area contributed by atoms with E-state index in [1.165, 1.54) is 0 Å². The lowest BCUT2D eigenvalue weighted by molar-refractivity contribution is 0.0635. The topological polar surface area (TPSA) is 64.6 Å². The number of para-hydroxylation sites is 1. The molecule has 5 heteroatoms. The van der Waals surface area contributed by atoms with Crippen LogP contribution >= 0.6 is 0 Å². The zero-order valence-corrected chi connectivity index (χ0v) is 15.0. The smallest absolute Gasteiger partial charge is 0.412 e. The molecule has 0 heterocycles. The van der Waals surface area contributed by atoms with Gasteiger partial charge in [0.2, 0.25) is 0 Å². The van der Waals surface area contributed by atoms with Gasteiger partial charge in [-0.3, -0.25) is 10.1 Å². The number of amides is 1. The number of ether oxygens (including phenoxy) is 2. The van der Waals surface area contributed by atoms with Crippen molar-refractivity contribution in [2.75, 3.05) is 5.32 Å². The number of carbonyl (C=O) groups is 2. The van der Waals surface area contributed by atoms with Crippen molar-refractivity contribution < 1.29 is 19.1 Å². The Labute approximate surface area is 148 Å². The second-order valence-corrected chi connectivity index (χ2v) is 6.66. The van der Waals surface area contributed by atoms with E-state index in [1.54, 1.807) is 18.2 Å². The van der Waals surface area contributed by atoms with Crippen LogP contribution in [0.25, 0.3) is 0 Å². The quantitative estimate of drug-likeness (QED) is 0.798. The molecular weight excluding hydrogens is 318 g/mol. The van der Waals surface area contributed by atoms with Gasteiger partial charge >= 0.3 is 6.09 Å². The van der Waals surface area contributed by atoms with Crippen molar-refractivity contribution in [3.05, 3.63) is 59.2 Å². The highest BCUT2D eigenvalue weighted by Gasteiger charge is 2.17. The lowest BCUT2D eigenvalue weighted by Gasteiger charge is -2.20. The zero-order chi connectivity index (χ0) is 18.4. The Morgan fingerprint density at radius 1 is 1.12 bits per heavy atom. The van der Waals surface area contributed by atoms with Crippen LogP contribution in [0.4, 0.5) is 10.5 Å². The summed E-state index contributed by atoms with van der Waals surface area (Å²) in [5.41, 5.74) is 2.25. The minimum atomic E-state index is -0.568. The molecule has 2 aromatic carbocycles. The number of rotatable bonds is 5. The Hall–Kier alpha value is -2.82. The van der Waals surface area contributed by atoms with Crippen LogP contribution in [0.5, 0.6) is 5.75 Å². The molecule has 0 aliphatic heterocycles. The average molecular weight is 341 g/mol. The fourth-order valence-corrected chi connectivity index (χ4v) is 2.25. The van der Waals surface area contributed by atoms with Gasteiger partial charge in [0.1, 0.15) is 24.2 Å². The summed E-state index contributed by atoms with van der Waals surface area (Å²) in [5, 5.41) is 2.74. The van der Waals surface area contributed by atoms with Crippen molar-refractivity contribution in [3.8, 4) is 5.75 Å². The lowest BCUT2D eigenvalue weighted by atomic mass is 10.1. The third kappa shape index (κ3) is 5.35. The Bertz CT molecular complexity index is 763. The number of anilines is 1. The average Bonchev–Trinajstić information content (AvgIpc) is 2.53. The molecule has 0 aliphatic carbocycles. The summed E-state index contributed by atoms with van der Waals surface area (Å²) in [7, 11) is 0. The third-order valence-corrected chi connectivity index (χ3v) is 3.49. The maximum absolute atomic E-state index is 12.0. The minimum absolute atomic E-state index is 0.259. The molecule has 0 aliphatic rings. The fraction of sp³-hybridized carbons (Fsp3) is 0.300. The molecule has 1 amide bonds. The molecule has 0 radical (unpaired) electrons. The summed E-state index contributed by atoms with van der Waals surface area (Å²) < 4.78 is 11.1. The van der Waals surface area contributed by atoms with Gasteiger partial charge in [-0.05, 0) is 39.8 Å². The highest BCUT2D eigenvalue weighted by molar-refractivity contribution is 5.86. The first-order valence-electron chi connectivity index (χ1n) is 8.05. The maximum Gasteiger partial charge on any atom is 0.412 e. The molecule has 25 heavy (non-hydrogen) atoms. The Kier molecular flexibility index (Phi) is 5.80. The summed E-state index contributed by atoms with van der Waals surface area (Å²) >= 11 is 0. The van der Waals surface area contributed by atoms with Crippen LogP contribution in [0.15, 0.2) is 42.5 Å². The SMILES string of the molecule is Cc1c(C=O)cccc1OCc1ccccc1NC(=O)OC(C)(C)C. The van der Waals surface area contributed by atoms with E-state index in [-0.39, 0.29) is 6.61 Å². The van der Waals surface area contributed by atoms with Crippen molar-refractivity contribution in [3.63, 3.8) is 0 Å². The molecule has 0 spiro atoms. The van der Waals surface area contributed by atoms with Crippen molar-refractivity contribution in [1.82, 2.24) is 0 Å². The molecule has 132 valence electrons. The van der Waals surface area contributed by atoms with Gasteiger partial charge in [-0.15, -0.1) is 0 Å². The number of aldehydes is 1. The van der Waals surface area contributed by atoms with Gasteiger partial charge in [0, 0.05) is 16.7 Å². The third-order valence-electron chi connectivity index (χ3n) is 3.49. The maximum atomic E-state index is 12.0. The standard InChI is InChI=1S/C20H23NO4/c1-14-15(12-22)9-7-11-18(14)24-13-16-8-5-6-10-17(16)21-19(23)25-20(2,3)4/h5-12H,13H2,1-4H3,(H,21,23). The van der Waals surface area contributed by atoms with Gasteiger partial charge in [0.15, 0.2) is 0 Å². The monoisotopic (exact) mass is 341 g/mol. The van der Waals surface area contributed by atoms with Crippen LogP contribution in [-0.4, -0.2) is 18.0 Å². The second-order valence-electron chi connectivity index (χ2n) is 6.66. The molecule has 0 saturated heterocycles. The number of carbonyl (C=O) groups excluding carboxylic acids is 2. The number of hydrogen-bond acceptors (Lipinski definition) is 4. The molecule has 0 atom stereocenters. The Morgan fingerprint density at radius 2 is 1.84 bits per heavy atom. The largest absolute Gasteiger partial charge is 0.489 e. The molecule has 2 rings (SSSR count). The van der Waals surface area contributed by atoms with E-state index >= 15 is 0 Å². The Morgan fingerprint density at radius 3 is 2.52 bits per heavy atom. The van der Waals surface area contributed by atoms with Crippen molar-refractivity contribution in [2.24, 2.45) is 0 Å². The van der Waals surface area contributed by atoms with Crippen molar-refractivity contribution >= 4 is 18.1 Å². The van der Waals surface area contributed by atoms with Gasteiger partial charge in [-0.2, -0.15) is 0 Å². The van der Waals surface area contributed by atoms with Crippen LogP contribution in [0.2, 0.25) is 0 Å². The predicted molar refractivity (Wildman–Crippen MR) is 97.2 cm³/mol.